The van der Waals surface area contributed by atoms with Crippen molar-refractivity contribution in [2.24, 2.45) is 0 Å². The van der Waals surface area contributed by atoms with E-state index in [0.29, 0.717) is 38.4 Å². The number of morpholine rings is 1. The maximum Gasteiger partial charge on any atom is 0.254 e. The Bertz CT molecular complexity index is 1030. The van der Waals surface area contributed by atoms with Crippen LogP contribution < -0.4 is 0 Å². The van der Waals surface area contributed by atoms with Crippen LogP contribution in [0.1, 0.15) is 27.3 Å². The first-order chi connectivity index (χ1) is 15.6. The molecule has 1 aromatic heterocycles. The van der Waals surface area contributed by atoms with E-state index in [1.807, 2.05) is 18.3 Å². The minimum Gasteiger partial charge on any atom is -0.379 e. The van der Waals surface area contributed by atoms with Crippen LogP contribution in [0, 0.1) is 12.7 Å². The maximum atomic E-state index is 13.4. The van der Waals surface area contributed by atoms with Gasteiger partial charge in [0.25, 0.3) is 5.91 Å². The molecule has 1 amide bonds. The minimum absolute atomic E-state index is 0.122. The number of hydrogen-bond acceptors (Lipinski definition) is 4. The quantitative estimate of drug-likeness (QED) is 0.544. The van der Waals surface area contributed by atoms with E-state index in [1.165, 1.54) is 23.3 Å². The van der Waals surface area contributed by atoms with Crippen molar-refractivity contribution in [3.05, 3.63) is 89.3 Å². The van der Waals surface area contributed by atoms with E-state index in [4.69, 9.17) is 4.74 Å². The number of ether oxygens (including phenoxy) is 1. The number of carbonyl (C=O) groups is 1. The molecule has 1 aliphatic rings. The fraction of sp³-hybridized carbons (Fsp3) is 0.360. The zero-order valence-corrected chi connectivity index (χ0v) is 18.4. The Labute approximate surface area is 188 Å². The van der Waals surface area contributed by atoms with Gasteiger partial charge in [-0.2, -0.15) is 0 Å². The third-order valence-electron chi connectivity index (χ3n) is 5.90. The van der Waals surface area contributed by atoms with Crippen molar-refractivity contribution < 1.29 is 13.9 Å². The second-order valence-electron chi connectivity index (χ2n) is 8.09. The van der Waals surface area contributed by atoms with E-state index in [9.17, 15) is 9.18 Å². The molecule has 1 saturated heterocycles. The molecule has 7 heteroatoms. The Hall–Kier alpha value is -3.03. The maximum absolute atomic E-state index is 13.4. The second kappa shape index (κ2) is 10.5. The number of hydrogen-bond donors (Lipinski definition) is 0. The summed E-state index contributed by atoms with van der Waals surface area (Å²) in [6.45, 7) is 7.66. The normalized spacial score (nSPS) is 14.4. The van der Waals surface area contributed by atoms with Crippen molar-refractivity contribution in [1.82, 2.24) is 19.4 Å². The van der Waals surface area contributed by atoms with E-state index < -0.39 is 0 Å². The van der Waals surface area contributed by atoms with Crippen molar-refractivity contribution in [1.29, 1.82) is 0 Å². The number of rotatable bonds is 8. The molecular formula is C25H29FN4O2. The first-order valence-electron chi connectivity index (χ1n) is 11.0. The lowest BCUT2D eigenvalue weighted by molar-refractivity contribution is 0.0318. The van der Waals surface area contributed by atoms with Gasteiger partial charge in [0.15, 0.2) is 0 Å². The van der Waals surface area contributed by atoms with Crippen molar-refractivity contribution in [3.63, 3.8) is 0 Å². The van der Waals surface area contributed by atoms with Gasteiger partial charge >= 0.3 is 0 Å². The fourth-order valence-corrected chi connectivity index (χ4v) is 3.89. The van der Waals surface area contributed by atoms with Crippen LogP contribution in [-0.2, 0) is 17.8 Å². The van der Waals surface area contributed by atoms with Crippen molar-refractivity contribution >= 4 is 5.91 Å². The van der Waals surface area contributed by atoms with E-state index in [-0.39, 0.29) is 11.7 Å². The molecule has 4 rings (SSSR count). The predicted octanol–water partition coefficient (Wildman–Crippen LogP) is 3.35. The van der Waals surface area contributed by atoms with Crippen LogP contribution in [0.4, 0.5) is 4.39 Å². The molecule has 0 aliphatic carbocycles. The van der Waals surface area contributed by atoms with E-state index in [2.05, 4.69) is 33.5 Å². The topological polar surface area (TPSA) is 50.6 Å². The van der Waals surface area contributed by atoms with Crippen LogP contribution in [0.3, 0.4) is 0 Å². The SMILES string of the molecule is Cc1ccccc1Cn1ccnc1CN(CCN1CCOCC1)C(=O)c1ccc(F)cc1. The Balaban J connectivity index is 1.52. The van der Waals surface area contributed by atoms with Crippen LogP contribution in [-0.4, -0.2) is 64.7 Å². The third kappa shape index (κ3) is 5.60. The highest BCUT2D eigenvalue weighted by Gasteiger charge is 2.20. The number of benzene rings is 2. The molecule has 0 unspecified atom stereocenters. The van der Waals surface area contributed by atoms with Gasteiger partial charge in [0.1, 0.15) is 11.6 Å². The fourth-order valence-electron chi connectivity index (χ4n) is 3.89. The van der Waals surface area contributed by atoms with Gasteiger partial charge in [0, 0.05) is 50.7 Å². The molecule has 0 N–H and O–H groups in total. The number of imidazole rings is 1. The van der Waals surface area contributed by atoms with Gasteiger partial charge in [-0.05, 0) is 42.3 Å². The molecule has 2 heterocycles. The highest BCUT2D eigenvalue weighted by atomic mass is 19.1. The van der Waals surface area contributed by atoms with Crippen LogP contribution in [0.2, 0.25) is 0 Å². The van der Waals surface area contributed by atoms with Crippen LogP contribution in [0.5, 0.6) is 0 Å². The zero-order chi connectivity index (χ0) is 22.3. The number of carbonyl (C=O) groups excluding carboxylic acids is 1. The molecule has 0 atom stereocenters. The summed E-state index contributed by atoms with van der Waals surface area (Å²) in [7, 11) is 0. The lowest BCUT2D eigenvalue weighted by atomic mass is 10.1. The number of amides is 1. The summed E-state index contributed by atoms with van der Waals surface area (Å²) in [4.78, 5) is 21.9. The van der Waals surface area contributed by atoms with Gasteiger partial charge in [-0.1, -0.05) is 24.3 Å². The van der Waals surface area contributed by atoms with Gasteiger partial charge < -0.3 is 14.2 Å². The van der Waals surface area contributed by atoms with Crippen molar-refractivity contribution in [2.75, 3.05) is 39.4 Å². The average molecular weight is 437 g/mol. The number of aromatic nitrogens is 2. The van der Waals surface area contributed by atoms with Gasteiger partial charge in [-0.15, -0.1) is 0 Å². The second-order valence-corrected chi connectivity index (χ2v) is 8.09. The minimum atomic E-state index is -0.352. The largest absolute Gasteiger partial charge is 0.379 e. The van der Waals surface area contributed by atoms with E-state index in [0.717, 1.165) is 25.5 Å². The Morgan fingerprint density at radius 2 is 1.88 bits per heavy atom. The van der Waals surface area contributed by atoms with Crippen molar-refractivity contribution in [3.8, 4) is 0 Å². The van der Waals surface area contributed by atoms with E-state index >= 15 is 0 Å². The van der Waals surface area contributed by atoms with Gasteiger partial charge in [0.05, 0.1) is 19.8 Å². The monoisotopic (exact) mass is 436 g/mol. The van der Waals surface area contributed by atoms with Gasteiger partial charge in [0.2, 0.25) is 0 Å². The number of aryl methyl sites for hydroxylation is 1. The van der Waals surface area contributed by atoms with Gasteiger partial charge in [-0.25, -0.2) is 9.37 Å². The highest BCUT2D eigenvalue weighted by molar-refractivity contribution is 5.94. The van der Waals surface area contributed by atoms with Crippen LogP contribution >= 0.6 is 0 Å². The zero-order valence-electron chi connectivity index (χ0n) is 18.4. The van der Waals surface area contributed by atoms with Crippen molar-refractivity contribution in [2.45, 2.75) is 20.0 Å². The predicted molar refractivity (Wildman–Crippen MR) is 121 cm³/mol. The smallest absolute Gasteiger partial charge is 0.254 e. The molecule has 6 nitrogen and oxygen atoms in total. The summed E-state index contributed by atoms with van der Waals surface area (Å²) >= 11 is 0. The lowest BCUT2D eigenvalue weighted by Gasteiger charge is -2.30. The Morgan fingerprint density at radius 1 is 1.12 bits per heavy atom. The van der Waals surface area contributed by atoms with Crippen LogP contribution in [0.15, 0.2) is 60.9 Å². The highest BCUT2D eigenvalue weighted by Crippen LogP contribution is 2.14. The molecule has 2 aromatic carbocycles. The number of halogens is 1. The molecule has 1 fully saturated rings. The average Bonchev–Trinajstić information content (AvgIpc) is 3.25. The molecule has 0 bridgehead atoms. The molecule has 3 aromatic rings. The molecule has 32 heavy (non-hydrogen) atoms. The summed E-state index contributed by atoms with van der Waals surface area (Å²) in [5.74, 6) is 0.351. The number of nitrogens with zero attached hydrogens (tertiary/aromatic N) is 4. The summed E-state index contributed by atoms with van der Waals surface area (Å²) in [5.41, 5.74) is 2.92. The first-order valence-corrected chi connectivity index (χ1v) is 11.0. The Kier molecular flexibility index (Phi) is 7.29. The molecule has 168 valence electrons. The van der Waals surface area contributed by atoms with Crippen LogP contribution in [0.25, 0.3) is 0 Å². The summed E-state index contributed by atoms with van der Waals surface area (Å²) in [5, 5.41) is 0. The van der Waals surface area contributed by atoms with Gasteiger partial charge in [-0.3, -0.25) is 9.69 Å². The molecular weight excluding hydrogens is 407 g/mol. The molecule has 0 radical (unpaired) electrons. The Morgan fingerprint density at radius 3 is 2.62 bits per heavy atom. The molecule has 1 aliphatic heterocycles. The summed E-state index contributed by atoms with van der Waals surface area (Å²) < 4.78 is 20.9. The standard InChI is InChI=1S/C25H29FN4O2/c1-20-4-2-3-5-22(20)18-29-11-10-27-24(29)19-30(13-12-28-14-16-32-17-15-28)25(31)21-6-8-23(26)9-7-21/h2-11H,12-19H2,1H3. The third-order valence-corrected chi connectivity index (χ3v) is 5.90. The summed E-state index contributed by atoms with van der Waals surface area (Å²) in [6.07, 6.45) is 3.72. The molecule has 0 saturated carbocycles. The molecule has 0 spiro atoms. The van der Waals surface area contributed by atoms with E-state index in [1.54, 1.807) is 23.2 Å². The summed E-state index contributed by atoms with van der Waals surface area (Å²) in [6, 6.07) is 14.0. The first kappa shape index (κ1) is 22.2. The lowest BCUT2D eigenvalue weighted by Crippen LogP contribution is -2.43.